The number of carbonyl (C=O) groups excluding carboxylic acids is 1. The first-order valence-electron chi connectivity index (χ1n) is 7.66. The van der Waals surface area contributed by atoms with Crippen LogP contribution in [0.15, 0.2) is 18.2 Å². The molecule has 1 heterocycles. The molecule has 1 aromatic rings. The fourth-order valence-corrected chi connectivity index (χ4v) is 3.54. The normalized spacial score (nSPS) is 24.8. The molecule has 1 saturated carbocycles. The molecule has 2 atom stereocenters. The van der Waals surface area contributed by atoms with Crippen molar-refractivity contribution in [1.29, 1.82) is 0 Å². The average Bonchev–Trinajstić information content (AvgIpc) is 2.97. The van der Waals surface area contributed by atoms with Crippen molar-refractivity contribution in [3.63, 3.8) is 0 Å². The number of hydrogen-bond donors (Lipinski definition) is 1. The second kappa shape index (κ2) is 6.24. The van der Waals surface area contributed by atoms with E-state index in [0.717, 1.165) is 31.5 Å². The third-order valence-electron chi connectivity index (χ3n) is 4.32. The Bertz CT molecular complexity index is 535. The molecule has 0 bridgehead atoms. The zero-order chi connectivity index (χ0) is 14.8. The van der Waals surface area contributed by atoms with Gasteiger partial charge in [0.05, 0.1) is 24.3 Å². The van der Waals surface area contributed by atoms with Crippen LogP contribution in [-0.2, 0) is 4.74 Å². The predicted molar refractivity (Wildman–Crippen MR) is 84.0 cm³/mol. The highest BCUT2D eigenvalue weighted by molar-refractivity contribution is 6.31. The number of nitrogens with zero attached hydrogens (tertiary/aromatic N) is 1. The minimum absolute atomic E-state index is 0.0636. The molecule has 1 amide bonds. The summed E-state index contributed by atoms with van der Waals surface area (Å²) in [6, 6.07) is 5.68. The van der Waals surface area contributed by atoms with Crippen LogP contribution in [0.25, 0.3) is 0 Å². The van der Waals surface area contributed by atoms with Gasteiger partial charge in [-0.05, 0) is 44.4 Å². The highest BCUT2D eigenvalue weighted by atomic mass is 35.5. The largest absolute Gasteiger partial charge is 0.385 e. The molecule has 1 saturated heterocycles. The zero-order valence-corrected chi connectivity index (χ0v) is 13.0. The van der Waals surface area contributed by atoms with E-state index in [0.29, 0.717) is 23.7 Å². The van der Waals surface area contributed by atoms with E-state index in [1.54, 1.807) is 6.07 Å². The smallest absolute Gasteiger partial charge is 0.256 e. The first-order valence-corrected chi connectivity index (χ1v) is 8.04. The Labute approximate surface area is 130 Å². The molecule has 2 aliphatic rings. The third kappa shape index (κ3) is 2.87. The second-order valence-corrected chi connectivity index (χ2v) is 6.06. The number of benzene rings is 1. The van der Waals surface area contributed by atoms with Gasteiger partial charge in [-0.25, -0.2) is 0 Å². The Morgan fingerprint density at radius 1 is 1.48 bits per heavy atom. The van der Waals surface area contributed by atoms with Gasteiger partial charge in [-0.1, -0.05) is 11.6 Å². The standard InChI is InChI=1S/C16H21ClN2O2/c1-2-18-13-7-6-11(17)10-12(13)16(20)19-8-9-21-15-5-3-4-14(15)19/h6-7,10,14-15,18H,2-5,8-9H2,1H3. The number of hydrogen-bond acceptors (Lipinski definition) is 3. The summed E-state index contributed by atoms with van der Waals surface area (Å²) in [5.41, 5.74) is 1.52. The molecule has 0 aromatic heterocycles. The van der Waals surface area contributed by atoms with Crippen LogP contribution >= 0.6 is 11.6 Å². The van der Waals surface area contributed by atoms with Gasteiger partial charge in [0.15, 0.2) is 0 Å². The van der Waals surface area contributed by atoms with E-state index in [1.807, 2.05) is 24.0 Å². The molecule has 21 heavy (non-hydrogen) atoms. The van der Waals surface area contributed by atoms with E-state index in [-0.39, 0.29) is 18.1 Å². The number of anilines is 1. The van der Waals surface area contributed by atoms with Crippen LogP contribution in [0.3, 0.4) is 0 Å². The van der Waals surface area contributed by atoms with Crippen molar-refractivity contribution in [3.05, 3.63) is 28.8 Å². The van der Waals surface area contributed by atoms with Gasteiger partial charge in [0.1, 0.15) is 0 Å². The van der Waals surface area contributed by atoms with E-state index < -0.39 is 0 Å². The van der Waals surface area contributed by atoms with Crippen LogP contribution in [0.2, 0.25) is 5.02 Å². The number of fused-ring (bicyclic) bond motifs is 1. The van der Waals surface area contributed by atoms with Crippen molar-refractivity contribution in [2.45, 2.75) is 38.3 Å². The number of ether oxygens (including phenoxy) is 1. The Balaban J connectivity index is 1.88. The van der Waals surface area contributed by atoms with Crippen molar-refractivity contribution in [3.8, 4) is 0 Å². The molecule has 114 valence electrons. The van der Waals surface area contributed by atoms with Crippen molar-refractivity contribution in [2.75, 3.05) is 25.0 Å². The maximum atomic E-state index is 13.0. The number of nitrogens with one attached hydrogen (secondary N) is 1. The lowest BCUT2D eigenvalue weighted by molar-refractivity contribution is -0.0445. The molecular weight excluding hydrogens is 288 g/mol. The lowest BCUT2D eigenvalue weighted by Crippen LogP contribution is -2.51. The van der Waals surface area contributed by atoms with Gasteiger partial charge in [-0.15, -0.1) is 0 Å². The minimum atomic E-state index is 0.0636. The third-order valence-corrected chi connectivity index (χ3v) is 4.56. The highest BCUT2D eigenvalue weighted by Crippen LogP contribution is 2.32. The number of amides is 1. The van der Waals surface area contributed by atoms with Gasteiger partial charge >= 0.3 is 0 Å². The molecule has 1 aliphatic heterocycles. The van der Waals surface area contributed by atoms with Gasteiger partial charge < -0.3 is 15.0 Å². The Hall–Kier alpha value is -1.26. The predicted octanol–water partition coefficient (Wildman–Crippen LogP) is 3.17. The van der Waals surface area contributed by atoms with Gasteiger partial charge in [-0.2, -0.15) is 0 Å². The van der Waals surface area contributed by atoms with Crippen LogP contribution in [0.4, 0.5) is 5.69 Å². The Kier molecular flexibility index (Phi) is 4.36. The van der Waals surface area contributed by atoms with Gasteiger partial charge in [0.25, 0.3) is 5.91 Å². The van der Waals surface area contributed by atoms with Crippen LogP contribution in [0.1, 0.15) is 36.5 Å². The monoisotopic (exact) mass is 308 g/mol. The topological polar surface area (TPSA) is 41.6 Å². The summed E-state index contributed by atoms with van der Waals surface area (Å²) in [6.45, 7) is 4.09. The quantitative estimate of drug-likeness (QED) is 0.932. The molecule has 2 unspecified atom stereocenters. The molecule has 1 aliphatic carbocycles. The molecular formula is C16H21ClN2O2. The van der Waals surface area contributed by atoms with E-state index in [1.165, 1.54) is 0 Å². The highest BCUT2D eigenvalue weighted by Gasteiger charge is 2.39. The summed E-state index contributed by atoms with van der Waals surface area (Å²) in [7, 11) is 0. The fourth-order valence-electron chi connectivity index (χ4n) is 3.37. The molecule has 0 radical (unpaired) electrons. The van der Waals surface area contributed by atoms with Crippen molar-refractivity contribution < 1.29 is 9.53 Å². The SMILES string of the molecule is CCNc1ccc(Cl)cc1C(=O)N1CCOC2CCCC21. The van der Waals surface area contributed by atoms with Crippen LogP contribution in [0.5, 0.6) is 0 Å². The van der Waals surface area contributed by atoms with Crippen LogP contribution in [0, 0.1) is 0 Å². The van der Waals surface area contributed by atoms with E-state index in [4.69, 9.17) is 16.3 Å². The first-order chi connectivity index (χ1) is 10.2. The minimum Gasteiger partial charge on any atom is -0.385 e. The summed E-state index contributed by atoms with van der Waals surface area (Å²) in [4.78, 5) is 14.9. The molecule has 3 rings (SSSR count). The summed E-state index contributed by atoms with van der Waals surface area (Å²) in [5, 5.41) is 3.84. The molecule has 2 fully saturated rings. The number of rotatable bonds is 3. The van der Waals surface area contributed by atoms with E-state index in [9.17, 15) is 4.79 Å². The molecule has 0 spiro atoms. The lowest BCUT2D eigenvalue weighted by atomic mass is 10.1. The summed E-state index contributed by atoms with van der Waals surface area (Å²) in [5.74, 6) is 0.0636. The molecule has 5 heteroatoms. The summed E-state index contributed by atoms with van der Waals surface area (Å²) < 4.78 is 5.78. The Morgan fingerprint density at radius 3 is 3.14 bits per heavy atom. The van der Waals surface area contributed by atoms with E-state index >= 15 is 0 Å². The number of morpholine rings is 1. The maximum Gasteiger partial charge on any atom is 0.256 e. The van der Waals surface area contributed by atoms with Crippen LogP contribution in [-0.4, -0.2) is 42.6 Å². The molecule has 4 nitrogen and oxygen atoms in total. The van der Waals surface area contributed by atoms with Gasteiger partial charge in [0, 0.05) is 23.8 Å². The number of halogens is 1. The van der Waals surface area contributed by atoms with Gasteiger partial charge in [0.2, 0.25) is 0 Å². The van der Waals surface area contributed by atoms with Crippen LogP contribution < -0.4 is 5.32 Å². The summed E-state index contributed by atoms with van der Waals surface area (Å²) in [6.07, 6.45) is 3.44. The Morgan fingerprint density at radius 2 is 2.33 bits per heavy atom. The van der Waals surface area contributed by atoms with E-state index in [2.05, 4.69) is 5.32 Å². The number of carbonyl (C=O) groups is 1. The average molecular weight is 309 g/mol. The molecule has 1 aromatic carbocycles. The second-order valence-electron chi connectivity index (χ2n) is 5.63. The summed E-state index contributed by atoms with van der Waals surface area (Å²) >= 11 is 6.09. The first kappa shape index (κ1) is 14.7. The van der Waals surface area contributed by atoms with Crippen molar-refractivity contribution in [1.82, 2.24) is 4.90 Å². The van der Waals surface area contributed by atoms with Crippen molar-refractivity contribution in [2.24, 2.45) is 0 Å². The van der Waals surface area contributed by atoms with Gasteiger partial charge in [-0.3, -0.25) is 4.79 Å². The lowest BCUT2D eigenvalue weighted by Gasteiger charge is -2.38. The molecule has 1 N–H and O–H groups in total. The maximum absolute atomic E-state index is 13.0. The zero-order valence-electron chi connectivity index (χ0n) is 12.3. The van der Waals surface area contributed by atoms with Crippen molar-refractivity contribution >= 4 is 23.2 Å². The fraction of sp³-hybridized carbons (Fsp3) is 0.562.